The third kappa shape index (κ3) is 6.83. The number of hydrogen-bond donors (Lipinski definition) is 0. The summed E-state index contributed by atoms with van der Waals surface area (Å²) in [5, 5.41) is 25.7. The lowest BCUT2D eigenvalue weighted by molar-refractivity contribution is -0.601. The second-order valence-corrected chi connectivity index (χ2v) is 6.18. The van der Waals surface area contributed by atoms with Gasteiger partial charge in [-0.15, -0.1) is 0 Å². The van der Waals surface area contributed by atoms with Crippen LogP contribution in [0.25, 0.3) is 16.1 Å². The number of azide groups is 1. The second kappa shape index (κ2) is 11.3. The van der Waals surface area contributed by atoms with E-state index in [0.717, 1.165) is 37.3 Å². The van der Waals surface area contributed by atoms with Crippen molar-refractivity contribution >= 4 is 11.4 Å². The maximum absolute atomic E-state index is 11.3. The highest BCUT2D eigenvalue weighted by Crippen LogP contribution is 2.24. The second-order valence-electron chi connectivity index (χ2n) is 6.18. The van der Waals surface area contributed by atoms with Gasteiger partial charge in [0.2, 0.25) is 0 Å². The van der Waals surface area contributed by atoms with Gasteiger partial charge in [-0.2, -0.15) is 4.57 Å². The molecule has 2 aromatic rings. The molecule has 0 aliphatic rings. The number of nitro groups is 2. The minimum atomic E-state index is -0.658. The Morgan fingerprint density at radius 3 is 2.62 bits per heavy atom. The van der Waals surface area contributed by atoms with Crippen LogP contribution in [0.2, 0.25) is 0 Å². The lowest BCUT2D eigenvalue weighted by atomic mass is 10.1. The minimum absolute atomic E-state index is 0.263. The van der Waals surface area contributed by atoms with Gasteiger partial charge in [0.05, 0.1) is 9.85 Å². The molecule has 2 rings (SSSR count). The molecule has 1 aromatic heterocycles. The van der Waals surface area contributed by atoms with Crippen molar-refractivity contribution in [2.45, 2.75) is 25.7 Å². The first-order valence-corrected chi connectivity index (χ1v) is 9.05. The van der Waals surface area contributed by atoms with Gasteiger partial charge in [0.1, 0.15) is 6.07 Å². The van der Waals surface area contributed by atoms with E-state index in [0.29, 0.717) is 19.8 Å². The zero-order valence-electron chi connectivity index (χ0n) is 15.7. The number of unbranched alkanes of at least 4 members (excludes halogenated alkanes) is 1. The van der Waals surface area contributed by atoms with Gasteiger partial charge in [0.25, 0.3) is 11.4 Å². The van der Waals surface area contributed by atoms with Crippen molar-refractivity contribution in [1.82, 2.24) is 0 Å². The van der Waals surface area contributed by atoms with E-state index in [2.05, 4.69) is 10.0 Å². The standard InChI is InChI=1S/C18H21N6O5/c19-21-20-9-1-2-11-29-12-4-6-15-5-3-10-22(14-15)17-8-7-16(23(25)26)13-18(17)24(27)28/h3,5,7-8,10,13-14H,1-2,4,6,9,11-12H2/q+1. The fourth-order valence-electron chi connectivity index (χ4n) is 2.72. The summed E-state index contributed by atoms with van der Waals surface area (Å²) in [4.78, 5) is 23.6. The van der Waals surface area contributed by atoms with E-state index >= 15 is 0 Å². The molecule has 11 heteroatoms. The number of ether oxygens (including phenoxy) is 1. The number of aromatic nitrogens is 1. The van der Waals surface area contributed by atoms with Crippen molar-refractivity contribution in [3.8, 4) is 5.69 Å². The van der Waals surface area contributed by atoms with Crippen LogP contribution in [0.5, 0.6) is 0 Å². The van der Waals surface area contributed by atoms with Crippen LogP contribution >= 0.6 is 0 Å². The van der Waals surface area contributed by atoms with Crippen LogP contribution in [0.3, 0.4) is 0 Å². The van der Waals surface area contributed by atoms with Crippen LogP contribution in [-0.2, 0) is 11.2 Å². The molecule has 11 nitrogen and oxygen atoms in total. The van der Waals surface area contributed by atoms with Crippen molar-refractivity contribution in [3.63, 3.8) is 0 Å². The van der Waals surface area contributed by atoms with Gasteiger partial charge < -0.3 is 4.74 Å². The number of non-ortho nitro benzene ring substituents is 1. The van der Waals surface area contributed by atoms with Crippen molar-refractivity contribution in [1.29, 1.82) is 0 Å². The molecule has 1 heterocycles. The molecule has 0 saturated heterocycles. The van der Waals surface area contributed by atoms with Crippen LogP contribution in [0, 0.1) is 20.2 Å². The summed E-state index contributed by atoms with van der Waals surface area (Å²) >= 11 is 0. The van der Waals surface area contributed by atoms with E-state index in [1.165, 1.54) is 12.1 Å². The summed E-state index contributed by atoms with van der Waals surface area (Å²) in [5.41, 5.74) is 8.75. The normalized spacial score (nSPS) is 10.3. The summed E-state index contributed by atoms with van der Waals surface area (Å²) in [6, 6.07) is 7.27. The molecule has 0 radical (unpaired) electrons. The Morgan fingerprint density at radius 2 is 1.90 bits per heavy atom. The molecule has 0 unspecified atom stereocenters. The molecule has 0 atom stereocenters. The molecule has 1 aromatic carbocycles. The zero-order chi connectivity index (χ0) is 21.1. The number of nitrogens with zero attached hydrogens (tertiary/aromatic N) is 6. The molecule has 0 aliphatic carbocycles. The van der Waals surface area contributed by atoms with Crippen LogP contribution in [-0.4, -0.2) is 29.6 Å². The van der Waals surface area contributed by atoms with Crippen molar-refractivity contribution < 1.29 is 19.2 Å². The first-order valence-electron chi connectivity index (χ1n) is 9.05. The van der Waals surface area contributed by atoms with Crippen LogP contribution in [0.15, 0.2) is 47.8 Å². The van der Waals surface area contributed by atoms with E-state index in [9.17, 15) is 20.2 Å². The van der Waals surface area contributed by atoms with Crippen molar-refractivity contribution in [3.05, 3.63) is 79.0 Å². The van der Waals surface area contributed by atoms with Gasteiger partial charge >= 0.3 is 5.69 Å². The van der Waals surface area contributed by atoms with Crippen LogP contribution in [0.1, 0.15) is 24.8 Å². The van der Waals surface area contributed by atoms with E-state index < -0.39 is 9.85 Å². The predicted octanol–water partition coefficient (Wildman–Crippen LogP) is 3.82. The Hall–Kier alpha value is -3.56. The topological polar surface area (TPSA) is 148 Å². The summed E-state index contributed by atoms with van der Waals surface area (Å²) in [6.07, 6.45) is 6.56. The highest BCUT2D eigenvalue weighted by molar-refractivity contribution is 5.53. The fraction of sp³-hybridized carbons (Fsp3) is 0.389. The molecular formula is C18H21N6O5+. The van der Waals surface area contributed by atoms with Gasteiger partial charge in [-0.05, 0) is 37.3 Å². The molecule has 0 spiro atoms. The van der Waals surface area contributed by atoms with E-state index in [-0.39, 0.29) is 17.1 Å². The van der Waals surface area contributed by atoms with Crippen LogP contribution < -0.4 is 4.57 Å². The van der Waals surface area contributed by atoms with E-state index in [1.807, 2.05) is 6.07 Å². The number of pyridine rings is 1. The van der Waals surface area contributed by atoms with Crippen LogP contribution in [0.4, 0.5) is 11.4 Å². The number of nitro benzene ring substituents is 2. The molecule has 152 valence electrons. The maximum Gasteiger partial charge on any atom is 0.347 e. The number of hydrogen-bond acceptors (Lipinski definition) is 6. The van der Waals surface area contributed by atoms with Gasteiger partial charge in [0, 0.05) is 48.4 Å². The Labute approximate surface area is 166 Å². The lowest BCUT2D eigenvalue weighted by Crippen LogP contribution is -2.31. The van der Waals surface area contributed by atoms with Crippen molar-refractivity contribution in [2.24, 2.45) is 5.11 Å². The Bertz CT molecular complexity index is 913. The Morgan fingerprint density at radius 1 is 1.10 bits per heavy atom. The quantitative estimate of drug-likeness (QED) is 0.101. The molecular weight excluding hydrogens is 380 g/mol. The predicted molar refractivity (Wildman–Crippen MR) is 104 cm³/mol. The van der Waals surface area contributed by atoms with Gasteiger partial charge in [-0.3, -0.25) is 20.2 Å². The highest BCUT2D eigenvalue weighted by atomic mass is 16.6. The maximum atomic E-state index is 11.3. The molecule has 0 aliphatic heterocycles. The first-order chi connectivity index (χ1) is 14.0. The summed E-state index contributed by atoms with van der Waals surface area (Å²) in [6.45, 7) is 1.65. The summed E-state index contributed by atoms with van der Waals surface area (Å²) in [7, 11) is 0. The van der Waals surface area contributed by atoms with Gasteiger partial charge in [-0.1, -0.05) is 5.11 Å². The monoisotopic (exact) mass is 401 g/mol. The molecule has 0 N–H and O–H groups in total. The van der Waals surface area contributed by atoms with E-state index in [4.69, 9.17) is 10.3 Å². The Balaban J connectivity index is 1.95. The average Bonchev–Trinajstić information content (AvgIpc) is 2.72. The zero-order valence-corrected chi connectivity index (χ0v) is 15.7. The lowest BCUT2D eigenvalue weighted by Gasteiger charge is -2.04. The number of aryl methyl sites for hydroxylation is 1. The highest BCUT2D eigenvalue weighted by Gasteiger charge is 2.26. The summed E-state index contributed by atoms with van der Waals surface area (Å²) < 4.78 is 7.13. The van der Waals surface area contributed by atoms with E-state index in [1.54, 1.807) is 23.0 Å². The number of rotatable bonds is 12. The molecule has 0 saturated carbocycles. The fourth-order valence-corrected chi connectivity index (χ4v) is 2.72. The number of benzene rings is 1. The SMILES string of the molecule is [N-]=[N+]=NCCCCOCCCc1ccc[n+](-c2ccc([N+](=O)[O-])cc2[N+](=O)[O-])c1. The third-order valence-corrected chi connectivity index (χ3v) is 4.12. The molecule has 29 heavy (non-hydrogen) atoms. The first kappa shape index (κ1) is 21.7. The largest absolute Gasteiger partial charge is 0.381 e. The molecule has 0 fully saturated rings. The minimum Gasteiger partial charge on any atom is -0.381 e. The average molecular weight is 401 g/mol. The smallest absolute Gasteiger partial charge is 0.347 e. The Kier molecular flexibility index (Phi) is 8.49. The summed E-state index contributed by atoms with van der Waals surface area (Å²) in [5.74, 6) is 0. The third-order valence-electron chi connectivity index (χ3n) is 4.12. The van der Waals surface area contributed by atoms with Crippen molar-refractivity contribution in [2.75, 3.05) is 19.8 Å². The molecule has 0 amide bonds. The van der Waals surface area contributed by atoms with Gasteiger partial charge in [-0.25, -0.2) is 0 Å². The molecule has 0 bridgehead atoms. The van der Waals surface area contributed by atoms with Gasteiger partial charge in [0.15, 0.2) is 12.4 Å².